The minimum Gasteiger partial charge on any atom is -0.756 e. The number of quaternary nitrogens is 1. The van der Waals surface area contributed by atoms with Crippen molar-refractivity contribution in [3.63, 3.8) is 0 Å². The van der Waals surface area contributed by atoms with Gasteiger partial charge in [-0.3, -0.25) is 9.36 Å². The summed E-state index contributed by atoms with van der Waals surface area (Å²) in [7, 11) is 1.34. The van der Waals surface area contributed by atoms with Crippen LogP contribution in [0.1, 0.15) is 174 Å². The van der Waals surface area contributed by atoms with E-state index in [9.17, 15) is 14.3 Å². The Labute approximate surface area is 321 Å². The molecule has 2 unspecified atom stereocenters. The molecule has 2 atom stereocenters. The van der Waals surface area contributed by atoms with E-state index in [0.29, 0.717) is 24.1 Å². The number of phosphoric acid groups is 1. The van der Waals surface area contributed by atoms with Gasteiger partial charge in [-0.05, 0) is 64.2 Å². The minimum absolute atomic E-state index is 0.0218. The van der Waals surface area contributed by atoms with E-state index in [4.69, 9.17) is 18.5 Å². The number of hydrogen-bond acceptors (Lipinski definition) is 7. The third-order valence-electron chi connectivity index (χ3n) is 8.91. The van der Waals surface area contributed by atoms with E-state index in [-0.39, 0.29) is 25.8 Å². The lowest BCUT2D eigenvalue weighted by Crippen LogP contribution is -2.37. The molecule has 8 nitrogen and oxygen atoms in total. The summed E-state index contributed by atoms with van der Waals surface area (Å²) in [4.78, 5) is 25.0. The van der Waals surface area contributed by atoms with Gasteiger partial charge in [-0.15, -0.1) is 0 Å². The van der Waals surface area contributed by atoms with Crippen molar-refractivity contribution in [2.45, 2.75) is 180 Å². The molecular weight excluding hydrogens is 673 g/mol. The quantitative estimate of drug-likeness (QED) is 0.0203. The van der Waals surface area contributed by atoms with E-state index < -0.39 is 13.9 Å². The predicted octanol–water partition coefficient (Wildman–Crippen LogP) is 11.6. The van der Waals surface area contributed by atoms with E-state index in [1.165, 1.54) is 96.3 Å². The number of nitrogens with zero attached hydrogens (tertiary/aromatic N) is 1. The highest BCUT2D eigenvalue weighted by Crippen LogP contribution is 2.38. The second kappa shape index (κ2) is 36.7. The topological polar surface area (TPSA) is 94.1 Å². The Morgan fingerprint density at radius 2 is 1.08 bits per heavy atom. The number of unbranched alkanes of at least 4 members (excludes halogenated alkanes) is 19. The van der Waals surface area contributed by atoms with Crippen molar-refractivity contribution in [2.75, 3.05) is 54.1 Å². The average molecular weight is 756 g/mol. The van der Waals surface area contributed by atoms with Crippen LogP contribution in [-0.4, -0.2) is 70.7 Å². The van der Waals surface area contributed by atoms with Gasteiger partial charge in [0.1, 0.15) is 19.3 Å². The van der Waals surface area contributed by atoms with E-state index in [1.54, 1.807) is 0 Å². The zero-order valence-corrected chi connectivity index (χ0v) is 35.4. The van der Waals surface area contributed by atoms with Gasteiger partial charge in [0.05, 0.1) is 34.4 Å². The Morgan fingerprint density at radius 1 is 0.596 bits per heavy atom. The third kappa shape index (κ3) is 39.9. The van der Waals surface area contributed by atoms with Crippen LogP contribution in [0.15, 0.2) is 36.5 Å². The zero-order chi connectivity index (χ0) is 38.4. The molecule has 306 valence electrons. The molecule has 0 aliphatic heterocycles. The summed E-state index contributed by atoms with van der Waals surface area (Å²) in [5, 5.41) is 0. The fourth-order valence-electron chi connectivity index (χ4n) is 5.56. The predicted molar refractivity (Wildman–Crippen MR) is 217 cm³/mol. The van der Waals surface area contributed by atoms with Crippen LogP contribution >= 0.6 is 7.82 Å². The number of carbonyl (C=O) groups excluding carboxylic acids is 1. The molecular formula is C43H82NO7P. The molecule has 0 aliphatic rings. The number of ether oxygens (including phenoxy) is 2. The van der Waals surface area contributed by atoms with Crippen molar-refractivity contribution in [3.05, 3.63) is 36.5 Å². The number of allylic oxidation sites excluding steroid dienone is 6. The minimum atomic E-state index is -4.53. The first-order valence-corrected chi connectivity index (χ1v) is 22.7. The van der Waals surface area contributed by atoms with E-state index in [0.717, 1.165) is 57.8 Å². The fraction of sp³-hybridized carbons (Fsp3) is 0.837. The Hall–Kier alpha value is -1.28. The van der Waals surface area contributed by atoms with Gasteiger partial charge in [-0.1, -0.05) is 140 Å². The van der Waals surface area contributed by atoms with Gasteiger partial charge < -0.3 is 27.9 Å². The molecule has 0 bridgehead atoms. The molecule has 9 heteroatoms. The number of likely N-dealkylation sites (N-methyl/N-ethyl adjacent to an activating group) is 1. The second-order valence-electron chi connectivity index (χ2n) is 15.3. The van der Waals surface area contributed by atoms with Crippen molar-refractivity contribution in [3.8, 4) is 0 Å². The molecule has 0 aliphatic carbocycles. The molecule has 0 aromatic heterocycles. The highest BCUT2D eigenvalue weighted by Gasteiger charge is 2.20. The maximum atomic E-state index is 12.6. The molecule has 0 heterocycles. The Bertz CT molecular complexity index is 931. The van der Waals surface area contributed by atoms with Crippen molar-refractivity contribution >= 4 is 13.8 Å². The lowest BCUT2D eigenvalue weighted by Gasteiger charge is -2.28. The first kappa shape index (κ1) is 50.7. The fourth-order valence-corrected chi connectivity index (χ4v) is 6.28. The molecule has 0 fully saturated rings. The Kier molecular flexibility index (Phi) is 35.8. The summed E-state index contributed by atoms with van der Waals surface area (Å²) in [6.45, 7) is 5.33. The molecule has 0 saturated heterocycles. The first-order chi connectivity index (χ1) is 25.1. The van der Waals surface area contributed by atoms with Gasteiger partial charge in [-0.25, -0.2) is 0 Å². The van der Waals surface area contributed by atoms with Gasteiger partial charge >= 0.3 is 5.97 Å². The summed E-state index contributed by atoms with van der Waals surface area (Å²) < 4.78 is 34.5. The Morgan fingerprint density at radius 3 is 1.63 bits per heavy atom. The first-order valence-electron chi connectivity index (χ1n) is 21.2. The van der Waals surface area contributed by atoms with Gasteiger partial charge in [-0.2, -0.15) is 0 Å². The molecule has 0 N–H and O–H groups in total. The standard InChI is InChI=1S/C43H82NO7P/c1-6-8-10-12-14-16-18-20-22-23-25-27-29-31-33-35-38-48-40-42(41-50-52(46,47)49-39-37-44(3,4)5)51-43(45)36-34-32-30-28-26-24-21-19-17-15-13-11-9-7-2/h13,15,19-22,42H,6-12,14,16-18,23-41H2,1-5H3/b15-13-,21-19-,22-20-. The normalized spacial score (nSPS) is 14.2. The highest BCUT2D eigenvalue weighted by atomic mass is 31.2. The lowest BCUT2D eigenvalue weighted by molar-refractivity contribution is -0.870. The molecule has 0 amide bonds. The van der Waals surface area contributed by atoms with Gasteiger partial charge in [0.2, 0.25) is 0 Å². The average Bonchev–Trinajstić information content (AvgIpc) is 3.09. The molecule has 0 aromatic rings. The van der Waals surface area contributed by atoms with Crippen molar-refractivity contribution in [2.24, 2.45) is 0 Å². The number of carbonyl (C=O) groups is 1. The van der Waals surface area contributed by atoms with Crippen LogP contribution in [0.3, 0.4) is 0 Å². The summed E-state index contributed by atoms with van der Waals surface area (Å²) in [6.07, 6.45) is 41.5. The van der Waals surface area contributed by atoms with Gasteiger partial charge in [0, 0.05) is 13.0 Å². The molecule has 0 aromatic carbocycles. The number of esters is 1. The smallest absolute Gasteiger partial charge is 0.306 e. The van der Waals surface area contributed by atoms with Crippen LogP contribution in [0.2, 0.25) is 0 Å². The largest absolute Gasteiger partial charge is 0.756 e. The van der Waals surface area contributed by atoms with Crippen LogP contribution in [0.4, 0.5) is 0 Å². The SMILES string of the molecule is CCCC/C=C\C/C=C\CCCCCCCC(=O)OC(COCCCCCCCC/C=C\CCCCCCCC)COP(=O)([O-])OCC[N+](C)(C)C. The summed E-state index contributed by atoms with van der Waals surface area (Å²) in [5.74, 6) is -0.351. The highest BCUT2D eigenvalue weighted by molar-refractivity contribution is 7.45. The van der Waals surface area contributed by atoms with Gasteiger partial charge in [0.25, 0.3) is 7.82 Å². The number of phosphoric ester groups is 1. The maximum Gasteiger partial charge on any atom is 0.306 e. The second-order valence-corrected chi connectivity index (χ2v) is 16.8. The van der Waals surface area contributed by atoms with E-state index in [1.807, 2.05) is 21.1 Å². The third-order valence-corrected chi connectivity index (χ3v) is 9.88. The molecule has 0 radical (unpaired) electrons. The van der Waals surface area contributed by atoms with E-state index >= 15 is 0 Å². The summed E-state index contributed by atoms with van der Waals surface area (Å²) in [6, 6.07) is 0. The lowest BCUT2D eigenvalue weighted by atomic mass is 10.1. The van der Waals surface area contributed by atoms with Gasteiger partial charge in [0.15, 0.2) is 0 Å². The monoisotopic (exact) mass is 756 g/mol. The summed E-state index contributed by atoms with van der Waals surface area (Å²) in [5.41, 5.74) is 0. The van der Waals surface area contributed by atoms with Crippen molar-refractivity contribution < 1.29 is 37.3 Å². The Balaban J connectivity index is 4.28. The van der Waals surface area contributed by atoms with Crippen molar-refractivity contribution in [1.29, 1.82) is 0 Å². The molecule has 0 rings (SSSR count). The van der Waals surface area contributed by atoms with Crippen LogP contribution in [0.5, 0.6) is 0 Å². The molecule has 0 spiro atoms. The molecule has 52 heavy (non-hydrogen) atoms. The maximum absolute atomic E-state index is 12.6. The number of hydrogen-bond donors (Lipinski definition) is 0. The van der Waals surface area contributed by atoms with Crippen molar-refractivity contribution in [1.82, 2.24) is 0 Å². The van der Waals surface area contributed by atoms with E-state index in [2.05, 4.69) is 50.3 Å². The van der Waals surface area contributed by atoms with Crippen LogP contribution in [0, 0.1) is 0 Å². The van der Waals surface area contributed by atoms with Crippen LogP contribution in [-0.2, 0) is 27.9 Å². The van der Waals surface area contributed by atoms with Crippen LogP contribution < -0.4 is 4.89 Å². The summed E-state index contributed by atoms with van der Waals surface area (Å²) >= 11 is 0. The van der Waals surface area contributed by atoms with Crippen LogP contribution in [0.25, 0.3) is 0 Å². The number of rotatable bonds is 39. The molecule has 0 saturated carbocycles. The zero-order valence-electron chi connectivity index (χ0n) is 34.5.